The molecule has 1 aliphatic heterocycles. The molecule has 0 aromatic carbocycles. The van der Waals surface area contributed by atoms with Gasteiger partial charge in [0.15, 0.2) is 0 Å². The fourth-order valence-corrected chi connectivity index (χ4v) is 1.41. The SMILES string of the molecule is CC(S)C(=O)N1CCNC(=O)CC1. The second-order valence-corrected chi connectivity index (χ2v) is 3.88. The first kappa shape index (κ1) is 10.4. The summed E-state index contributed by atoms with van der Waals surface area (Å²) in [5, 5.41) is 2.43. The fourth-order valence-electron chi connectivity index (χ4n) is 1.25. The highest BCUT2D eigenvalue weighted by Gasteiger charge is 2.20. The monoisotopic (exact) mass is 202 g/mol. The van der Waals surface area contributed by atoms with Gasteiger partial charge in [-0.25, -0.2) is 0 Å². The standard InChI is InChI=1S/C8H14N2O2S/c1-6(13)8(12)10-4-2-7(11)9-3-5-10/h6,13H,2-5H2,1H3,(H,9,11). The molecule has 5 heteroatoms. The lowest BCUT2D eigenvalue weighted by Gasteiger charge is -2.20. The molecule has 0 bridgehead atoms. The maximum absolute atomic E-state index is 11.5. The molecule has 1 atom stereocenters. The van der Waals surface area contributed by atoms with Crippen LogP contribution in [-0.4, -0.2) is 41.6 Å². The van der Waals surface area contributed by atoms with Gasteiger partial charge in [0.1, 0.15) is 0 Å². The molecule has 1 heterocycles. The number of rotatable bonds is 1. The number of hydrogen-bond acceptors (Lipinski definition) is 3. The highest BCUT2D eigenvalue weighted by molar-refractivity contribution is 7.81. The molecule has 13 heavy (non-hydrogen) atoms. The van der Waals surface area contributed by atoms with Crippen LogP contribution in [0.4, 0.5) is 0 Å². The van der Waals surface area contributed by atoms with Gasteiger partial charge in [-0.05, 0) is 6.92 Å². The summed E-state index contributed by atoms with van der Waals surface area (Å²) in [7, 11) is 0. The lowest BCUT2D eigenvalue weighted by molar-refractivity contribution is -0.130. The van der Waals surface area contributed by atoms with Crippen LogP contribution in [0.2, 0.25) is 0 Å². The van der Waals surface area contributed by atoms with E-state index in [2.05, 4.69) is 17.9 Å². The second kappa shape index (κ2) is 4.50. The molecule has 0 aliphatic carbocycles. The smallest absolute Gasteiger partial charge is 0.235 e. The number of amides is 2. The van der Waals surface area contributed by atoms with Gasteiger partial charge in [0.2, 0.25) is 11.8 Å². The van der Waals surface area contributed by atoms with Crippen molar-refractivity contribution in [3.05, 3.63) is 0 Å². The minimum atomic E-state index is -0.284. The van der Waals surface area contributed by atoms with Gasteiger partial charge >= 0.3 is 0 Å². The zero-order chi connectivity index (χ0) is 9.84. The van der Waals surface area contributed by atoms with Crippen molar-refractivity contribution in [2.45, 2.75) is 18.6 Å². The summed E-state index contributed by atoms with van der Waals surface area (Å²) < 4.78 is 0. The zero-order valence-electron chi connectivity index (χ0n) is 7.62. The third kappa shape index (κ3) is 2.91. The first-order chi connectivity index (χ1) is 6.11. The number of carbonyl (C=O) groups is 2. The van der Waals surface area contributed by atoms with Crippen molar-refractivity contribution in [2.24, 2.45) is 0 Å². The Morgan fingerprint density at radius 2 is 2.31 bits per heavy atom. The molecule has 4 nitrogen and oxygen atoms in total. The van der Waals surface area contributed by atoms with Crippen LogP contribution in [0.1, 0.15) is 13.3 Å². The minimum absolute atomic E-state index is 0.000154. The van der Waals surface area contributed by atoms with Crippen molar-refractivity contribution < 1.29 is 9.59 Å². The van der Waals surface area contributed by atoms with Gasteiger partial charge in [0, 0.05) is 26.1 Å². The van der Waals surface area contributed by atoms with Gasteiger partial charge in [-0.3, -0.25) is 9.59 Å². The van der Waals surface area contributed by atoms with Gasteiger partial charge in [0.05, 0.1) is 5.25 Å². The minimum Gasteiger partial charge on any atom is -0.354 e. The maximum atomic E-state index is 11.5. The summed E-state index contributed by atoms with van der Waals surface area (Å²) in [4.78, 5) is 24.1. The molecule has 0 aromatic heterocycles. The Labute approximate surface area is 83.1 Å². The molecule has 0 radical (unpaired) electrons. The van der Waals surface area contributed by atoms with Crippen LogP contribution in [0.5, 0.6) is 0 Å². The Bertz CT molecular complexity index is 218. The van der Waals surface area contributed by atoms with Crippen LogP contribution in [0.25, 0.3) is 0 Å². The predicted molar refractivity (Wildman–Crippen MR) is 52.7 cm³/mol. The molecule has 2 amide bonds. The van der Waals surface area contributed by atoms with Crippen LogP contribution >= 0.6 is 12.6 Å². The van der Waals surface area contributed by atoms with Gasteiger partial charge in [-0.2, -0.15) is 12.6 Å². The fraction of sp³-hybridized carbons (Fsp3) is 0.750. The summed E-state index contributed by atoms with van der Waals surface area (Å²) in [6.07, 6.45) is 0.395. The number of nitrogens with one attached hydrogen (secondary N) is 1. The molecule has 1 unspecified atom stereocenters. The van der Waals surface area contributed by atoms with Crippen LogP contribution in [0.3, 0.4) is 0 Å². The average molecular weight is 202 g/mol. The summed E-state index contributed by atoms with van der Waals surface area (Å²) >= 11 is 4.06. The molecule has 74 valence electrons. The van der Waals surface area contributed by atoms with Crippen LogP contribution < -0.4 is 5.32 Å². The van der Waals surface area contributed by atoms with Crippen molar-refractivity contribution in [1.82, 2.24) is 10.2 Å². The molecular formula is C8H14N2O2S. The van der Waals surface area contributed by atoms with Crippen molar-refractivity contribution in [1.29, 1.82) is 0 Å². The van der Waals surface area contributed by atoms with Gasteiger partial charge in [-0.15, -0.1) is 0 Å². The van der Waals surface area contributed by atoms with Gasteiger partial charge in [0.25, 0.3) is 0 Å². The summed E-state index contributed by atoms with van der Waals surface area (Å²) in [5.74, 6) is 0.0157. The topological polar surface area (TPSA) is 49.4 Å². The maximum Gasteiger partial charge on any atom is 0.235 e. The second-order valence-electron chi connectivity index (χ2n) is 3.10. The molecular weight excluding hydrogens is 188 g/mol. The predicted octanol–water partition coefficient (Wildman–Crippen LogP) is -0.347. The Kier molecular flexibility index (Phi) is 3.59. The Balaban J connectivity index is 2.51. The summed E-state index contributed by atoms with van der Waals surface area (Å²) in [6.45, 7) is 3.39. The third-order valence-corrected chi connectivity index (χ3v) is 2.20. The van der Waals surface area contributed by atoms with Crippen LogP contribution in [-0.2, 0) is 9.59 Å². The first-order valence-electron chi connectivity index (χ1n) is 4.35. The van der Waals surface area contributed by atoms with E-state index in [0.717, 1.165) is 0 Å². The average Bonchev–Trinajstić information content (AvgIpc) is 2.28. The zero-order valence-corrected chi connectivity index (χ0v) is 8.51. The van der Waals surface area contributed by atoms with Crippen molar-refractivity contribution >= 4 is 24.4 Å². The van der Waals surface area contributed by atoms with Gasteiger partial charge in [-0.1, -0.05) is 0 Å². The molecule has 0 spiro atoms. The lowest BCUT2D eigenvalue weighted by Crippen LogP contribution is -2.38. The molecule has 1 N–H and O–H groups in total. The number of nitrogens with zero attached hydrogens (tertiary/aromatic N) is 1. The molecule has 0 aromatic rings. The van der Waals surface area contributed by atoms with E-state index in [9.17, 15) is 9.59 Å². The van der Waals surface area contributed by atoms with E-state index in [-0.39, 0.29) is 17.1 Å². The molecule has 0 saturated carbocycles. The van der Waals surface area contributed by atoms with Crippen molar-refractivity contribution in [3.8, 4) is 0 Å². The largest absolute Gasteiger partial charge is 0.354 e. The molecule has 1 fully saturated rings. The van der Waals surface area contributed by atoms with E-state index in [4.69, 9.17) is 0 Å². The normalized spacial score (nSPS) is 20.5. The third-order valence-electron chi connectivity index (χ3n) is 1.98. The molecule has 1 saturated heterocycles. The van der Waals surface area contributed by atoms with Crippen LogP contribution in [0.15, 0.2) is 0 Å². The Morgan fingerprint density at radius 1 is 1.62 bits per heavy atom. The van der Waals surface area contributed by atoms with E-state index in [1.807, 2.05) is 0 Å². The Hall–Kier alpha value is -0.710. The van der Waals surface area contributed by atoms with Crippen molar-refractivity contribution in [2.75, 3.05) is 19.6 Å². The van der Waals surface area contributed by atoms with Gasteiger partial charge < -0.3 is 10.2 Å². The molecule has 1 rings (SSSR count). The summed E-state index contributed by atoms with van der Waals surface area (Å²) in [6, 6.07) is 0. The lowest BCUT2D eigenvalue weighted by atomic mass is 10.3. The van der Waals surface area contributed by atoms with Crippen LogP contribution in [0, 0.1) is 0 Å². The quantitative estimate of drug-likeness (QED) is 0.571. The van der Waals surface area contributed by atoms with E-state index in [1.165, 1.54) is 0 Å². The highest BCUT2D eigenvalue weighted by Crippen LogP contribution is 2.03. The van der Waals surface area contributed by atoms with E-state index >= 15 is 0 Å². The first-order valence-corrected chi connectivity index (χ1v) is 4.86. The Morgan fingerprint density at radius 3 is 2.92 bits per heavy atom. The number of carbonyl (C=O) groups excluding carboxylic acids is 2. The number of hydrogen-bond donors (Lipinski definition) is 2. The van der Waals surface area contributed by atoms with E-state index in [0.29, 0.717) is 26.1 Å². The van der Waals surface area contributed by atoms with E-state index in [1.54, 1.807) is 11.8 Å². The highest BCUT2D eigenvalue weighted by atomic mass is 32.1. The summed E-state index contributed by atoms with van der Waals surface area (Å²) in [5.41, 5.74) is 0. The van der Waals surface area contributed by atoms with Crippen molar-refractivity contribution in [3.63, 3.8) is 0 Å². The number of thiol groups is 1. The molecule has 1 aliphatic rings. The van der Waals surface area contributed by atoms with E-state index < -0.39 is 0 Å².